The Morgan fingerprint density at radius 1 is 1.27 bits per heavy atom. The van der Waals surface area contributed by atoms with Crippen molar-refractivity contribution in [3.05, 3.63) is 22.0 Å². The fourth-order valence-corrected chi connectivity index (χ4v) is 3.81. The summed E-state index contributed by atoms with van der Waals surface area (Å²) in [5.41, 5.74) is 1.60. The highest BCUT2D eigenvalue weighted by atomic mass is 32.1. The third-order valence-electron chi connectivity index (χ3n) is 4.16. The van der Waals surface area contributed by atoms with Gasteiger partial charge in [-0.05, 0) is 26.7 Å². The molecular formula is C15H20N4O2S. The molecule has 1 fully saturated rings. The van der Waals surface area contributed by atoms with Gasteiger partial charge in [0, 0.05) is 11.5 Å². The van der Waals surface area contributed by atoms with Crippen LogP contribution in [0.4, 0.5) is 5.13 Å². The molecule has 7 heteroatoms. The molecule has 0 atom stereocenters. The van der Waals surface area contributed by atoms with Crippen molar-refractivity contribution < 1.29 is 9.32 Å². The molecule has 22 heavy (non-hydrogen) atoms. The maximum atomic E-state index is 12.1. The molecule has 0 saturated heterocycles. The lowest BCUT2D eigenvalue weighted by Crippen LogP contribution is -2.15. The Balaban J connectivity index is 1.61. The van der Waals surface area contributed by atoms with E-state index in [0.29, 0.717) is 16.8 Å². The lowest BCUT2D eigenvalue weighted by Gasteiger charge is -2.18. The topological polar surface area (TPSA) is 80.9 Å². The van der Waals surface area contributed by atoms with E-state index in [4.69, 9.17) is 4.52 Å². The standard InChI is InChI=1S/C15H20N4O2S/c1-9-12(10(2)21-19-9)8-13(20)16-15-18-17-14(22-15)11-6-4-3-5-7-11/h11H,3-8H2,1-2H3,(H,16,18,20). The van der Waals surface area contributed by atoms with Crippen LogP contribution in [0.15, 0.2) is 4.52 Å². The Bertz CT molecular complexity index is 639. The molecule has 1 saturated carbocycles. The summed E-state index contributed by atoms with van der Waals surface area (Å²) in [7, 11) is 0. The Hall–Kier alpha value is -1.76. The highest BCUT2D eigenvalue weighted by Crippen LogP contribution is 2.35. The van der Waals surface area contributed by atoms with Crippen molar-refractivity contribution in [1.29, 1.82) is 0 Å². The Labute approximate surface area is 133 Å². The zero-order valence-corrected chi connectivity index (χ0v) is 13.7. The lowest BCUT2D eigenvalue weighted by molar-refractivity contribution is -0.115. The average molecular weight is 320 g/mol. The SMILES string of the molecule is Cc1noc(C)c1CC(=O)Nc1nnc(C2CCCCC2)s1. The van der Waals surface area contributed by atoms with Crippen LogP contribution in [-0.4, -0.2) is 21.3 Å². The van der Waals surface area contributed by atoms with Gasteiger partial charge in [0.05, 0.1) is 12.1 Å². The van der Waals surface area contributed by atoms with Crippen LogP contribution in [0, 0.1) is 13.8 Å². The molecule has 0 aromatic carbocycles. The number of aryl methyl sites for hydroxylation is 2. The number of nitrogens with zero attached hydrogens (tertiary/aromatic N) is 3. The predicted octanol–water partition coefficient (Wildman–Crippen LogP) is 3.37. The van der Waals surface area contributed by atoms with Crippen molar-refractivity contribution in [2.24, 2.45) is 0 Å². The second-order valence-corrected chi connectivity index (χ2v) is 6.82. The third-order valence-corrected chi connectivity index (χ3v) is 5.16. The zero-order chi connectivity index (χ0) is 15.5. The first-order chi connectivity index (χ1) is 10.6. The van der Waals surface area contributed by atoms with E-state index < -0.39 is 0 Å². The molecule has 0 aliphatic heterocycles. The fourth-order valence-electron chi connectivity index (χ4n) is 2.88. The van der Waals surface area contributed by atoms with E-state index in [1.807, 2.05) is 13.8 Å². The highest BCUT2D eigenvalue weighted by Gasteiger charge is 2.20. The fraction of sp³-hybridized carbons (Fsp3) is 0.600. The van der Waals surface area contributed by atoms with Crippen molar-refractivity contribution in [3.8, 4) is 0 Å². The van der Waals surface area contributed by atoms with E-state index in [9.17, 15) is 4.79 Å². The van der Waals surface area contributed by atoms with Gasteiger partial charge >= 0.3 is 0 Å². The number of anilines is 1. The molecule has 1 aliphatic rings. The number of rotatable bonds is 4. The van der Waals surface area contributed by atoms with Crippen LogP contribution in [0.5, 0.6) is 0 Å². The van der Waals surface area contributed by atoms with Gasteiger partial charge < -0.3 is 9.84 Å². The molecular weight excluding hydrogens is 300 g/mol. The van der Waals surface area contributed by atoms with Crippen LogP contribution in [0.1, 0.15) is 60.0 Å². The van der Waals surface area contributed by atoms with Crippen molar-refractivity contribution in [1.82, 2.24) is 15.4 Å². The highest BCUT2D eigenvalue weighted by molar-refractivity contribution is 7.15. The van der Waals surface area contributed by atoms with Crippen molar-refractivity contribution in [3.63, 3.8) is 0 Å². The quantitative estimate of drug-likeness (QED) is 0.934. The van der Waals surface area contributed by atoms with Crippen LogP contribution < -0.4 is 5.32 Å². The molecule has 0 spiro atoms. The van der Waals surface area contributed by atoms with Crippen molar-refractivity contribution in [2.75, 3.05) is 5.32 Å². The number of nitrogens with one attached hydrogen (secondary N) is 1. The van der Waals surface area contributed by atoms with Gasteiger partial charge in [-0.15, -0.1) is 10.2 Å². The molecule has 118 valence electrons. The van der Waals surface area contributed by atoms with Gasteiger partial charge in [-0.2, -0.15) is 0 Å². The molecule has 1 aliphatic carbocycles. The maximum absolute atomic E-state index is 12.1. The van der Waals surface area contributed by atoms with Gasteiger partial charge in [-0.1, -0.05) is 35.8 Å². The number of hydrogen-bond donors (Lipinski definition) is 1. The second-order valence-electron chi connectivity index (χ2n) is 5.81. The molecule has 0 bridgehead atoms. The minimum absolute atomic E-state index is 0.110. The van der Waals surface area contributed by atoms with E-state index in [-0.39, 0.29) is 12.3 Å². The van der Waals surface area contributed by atoms with Crippen LogP contribution >= 0.6 is 11.3 Å². The molecule has 2 aromatic rings. The largest absolute Gasteiger partial charge is 0.361 e. The molecule has 0 radical (unpaired) electrons. The summed E-state index contributed by atoms with van der Waals surface area (Å²) in [6, 6.07) is 0. The molecule has 0 unspecified atom stereocenters. The number of carbonyl (C=O) groups excluding carboxylic acids is 1. The first-order valence-electron chi connectivity index (χ1n) is 7.68. The summed E-state index contributed by atoms with van der Waals surface area (Å²) in [6.07, 6.45) is 6.45. The summed E-state index contributed by atoms with van der Waals surface area (Å²) in [6.45, 7) is 3.65. The van der Waals surface area contributed by atoms with E-state index in [1.54, 1.807) is 0 Å². The van der Waals surface area contributed by atoms with E-state index in [2.05, 4.69) is 20.7 Å². The Kier molecular flexibility index (Phi) is 4.52. The van der Waals surface area contributed by atoms with E-state index >= 15 is 0 Å². The van der Waals surface area contributed by atoms with Crippen LogP contribution in [0.2, 0.25) is 0 Å². The smallest absolute Gasteiger partial charge is 0.230 e. The number of hydrogen-bond acceptors (Lipinski definition) is 6. The Morgan fingerprint density at radius 2 is 2.05 bits per heavy atom. The summed E-state index contributed by atoms with van der Waals surface area (Å²) >= 11 is 1.50. The molecule has 1 N–H and O–H groups in total. The molecule has 2 heterocycles. The monoisotopic (exact) mass is 320 g/mol. The van der Waals surface area contributed by atoms with Gasteiger partial charge in [0.2, 0.25) is 11.0 Å². The number of aromatic nitrogens is 3. The number of amides is 1. The molecule has 1 amide bonds. The van der Waals surface area contributed by atoms with Gasteiger partial charge in [0.1, 0.15) is 10.8 Å². The summed E-state index contributed by atoms with van der Waals surface area (Å²) < 4.78 is 5.07. The molecule has 6 nitrogen and oxygen atoms in total. The van der Waals surface area contributed by atoms with Crippen LogP contribution in [0.3, 0.4) is 0 Å². The van der Waals surface area contributed by atoms with E-state index in [1.165, 1.54) is 43.4 Å². The molecule has 3 rings (SSSR count). The van der Waals surface area contributed by atoms with Gasteiger partial charge in [0.15, 0.2) is 0 Å². The summed E-state index contributed by atoms with van der Waals surface area (Å²) in [4.78, 5) is 12.1. The molecule has 2 aromatic heterocycles. The van der Waals surface area contributed by atoms with E-state index in [0.717, 1.165) is 16.3 Å². The first kappa shape index (κ1) is 15.1. The van der Waals surface area contributed by atoms with Crippen LogP contribution in [-0.2, 0) is 11.2 Å². The average Bonchev–Trinajstić information content (AvgIpc) is 3.10. The normalized spacial score (nSPS) is 15.9. The minimum atomic E-state index is -0.110. The summed E-state index contributed by atoms with van der Waals surface area (Å²) in [5, 5.41) is 16.7. The van der Waals surface area contributed by atoms with Crippen molar-refractivity contribution in [2.45, 2.75) is 58.3 Å². The maximum Gasteiger partial charge on any atom is 0.230 e. The van der Waals surface area contributed by atoms with Gasteiger partial charge in [-0.3, -0.25) is 4.79 Å². The first-order valence-corrected chi connectivity index (χ1v) is 8.50. The number of carbonyl (C=O) groups is 1. The van der Waals surface area contributed by atoms with Gasteiger partial charge in [0.25, 0.3) is 0 Å². The van der Waals surface area contributed by atoms with Crippen LogP contribution in [0.25, 0.3) is 0 Å². The van der Waals surface area contributed by atoms with Crippen molar-refractivity contribution >= 4 is 22.4 Å². The predicted molar refractivity (Wildman–Crippen MR) is 84.0 cm³/mol. The zero-order valence-electron chi connectivity index (χ0n) is 12.9. The van der Waals surface area contributed by atoms with Gasteiger partial charge in [-0.25, -0.2) is 0 Å². The Morgan fingerprint density at radius 3 is 2.73 bits per heavy atom. The third kappa shape index (κ3) is 3.35. The lowest BCUT2D eigenvalue weighted by atomic mass is 9.90. The summed E-state index contributed by atoms with van der Waals surface area (Å²) in [5.74, 6) is 1.09. The second kappa shape index (κ2) is 6.56. The minimum Gasteiger partial charge on any atom is -0.361 e.